The summed E-state index contributed by atoms with van der Waals surface area (Å²) in [5.41, 5.74) is 3.04. The number of aromatic nitrogens is 2. The number of imidazole rings is 1. The Kier molecular flexibility index (Phi) is 2.75. The van der Waals surface area contributed by atoms with E-state index >= 15 is 0 Å². The second-order valence-electron chi connectivity index (χ2n) is 4.93. The van der Waals surface area contributed by atoms with Gasteiger partial charge in [0.05, 0.1) is 17.2 Å². The lowest BCUT2D eigenvalue weighted by atomic mass is 10.1. The predicted molar refractivity (Wildman–Crippen MR) is 86.7 cm³/mol. The van der Waals surface area contributed by atoms with Crippen molar-refractivity contribution in [2.45, 2.75) is 0 Å². The quantitative estimate of drug-likeness (QED) is 0.505. The second kappa shape index (κ2) is 4.87. The molecule has 0 unspecified atom stereocenters. The molecule has 0 aliphatic rings. The summed E-state index contributed by atoms with van der Waals surface area (Å²) < 4.78 is 1.81. The summed E-state index contributed by atoms with van der Waals surface area (Å²) in [6.07, 6.45) is 3.60. The van der Waals surface area contributed by atoms with Gasteiger partial charge in [-0.2, -0.15) is 5.10 Å². The minimum atomic E-state index is 0.957. The highest BCUT2D eigenvalue weighted by atomic mass is 15.4. The van der Waals surface area contributed by atoms with Crippen LogP contribution in [-0.4, -0.2) is 15.9 Å². The monoisotopic (exact) mass is 271 g/mol. The van der Waals surface area contributed by atoms with Crippen molar-refractivity contribution in [2.75, 3.05) is 0 Å². The van der Waals surface area contributed by atoms with E-state index in [9.17, 15) is 0 Å². The summed E-state index contributed by atoms with van der Waals surface area (Å²) in [6, 6.07) is 22.6. The number of hydrogen-bond donors (Lipinski definition) is 0. The molecular formula is C18H13N3. The first-order valence-corrected chi connectivity index (χ1v) is 6.85. The van der Waals surface area contributed by atoms with Gasteiger partial charge in [0.2, 0.25) is 0 Å². The maximum Gasteiger partial charge on any atom is 0.118 e. The molecule has 21 heavy (non-hydrogen) atoms. The lowest BCUT2D eigenvalue weighted by Crippen LogP contribution is -1.88. The third-order valence-electron chi connectivity index (χ3n) is 3.53. The summed E-state index contributed by atoms with van der Waals surface area (Å²) in [4.78, 5) is 4.43. The van der Waals surface area contributed by atoms with Crippen molar-refractivity contribution in [1.82, 2.24) is 9.66 Å². The Hall–Kier alpha value is -2.94. The number of benzene rings is 3. The van der Waals surface area contributed by atoms with E-state index in [2.05, 4.69) is 34.4 Å². The van der Waals surface area contributed by atoms with Crippen LogP contribution in [0.25, 0.3) is 21.8 Å². The molecule has 0 bridgehead atoms. The van der Waals surface area contributed by atoms with E-state index in [1.165, 1.54) is 10.8 Å². The highest BCUT2D eigenvalue weighted by Crippen LogP contribution is 2.21. The zero-order valence-corrected chi connectivity index (χ0v) is 11.3. The zero-order chi connectivity index (χ0) is 14.1. The fourth-order valence-electron chi connectivity index (χ4n) is 2.44. The highest BCUT2D eigenvalue weighted by Gasteiger charge is 2.03. The van der Waals surface area contributed by atoms with E-state index in [0.717, 1.165) is 16.6 Å². The van der Waals surface area contributed by atoms with E-state index < -0.39 is 0 Å². The molecule has 4 rings (SSSR count). The van der Waals surface area contributed by atoms with Gasteiger partial charge in [-0.25, -0.2) is 9.66 Å². The number of fused-ring (bicyclic) bond motifs is 2. The highest BCUT2D eigenvalue weighted by molar-refractivity contribution is 5.95. The minimum Gasteiger partial charge on any atom is -0.235 e. The Morgan fingerprint density at radius 3 is 2.38 bits per heavy atom. The Morgan fingerprint density at radius 2 is 1.57 bits per heavy atom. The fourth-order valence-corrected chi connectivity index (χ4v) is 2.44. The maximum absolute atomic E-state index is 4.50. The summed E-state index contributed by atoms with van der Waals surface area (Å²) in [5.74, 6) is 0. The first kappa shape index (κ1) is 11.9. The molecule has 3 aromatic carbocycles. The molecule has 0 amide bonds. The Balaban J connectivity index is 1.82. The lowest BCUT2D eigenvalue weighted by Gasteiger charge is -1.99. The number of hydrogen-bond acceptors (Lipinski definition) is 2. The molecule has 0 atom stereocenters. The molecule has 3 heteroatoms. The first-order valence-electron chi connectivity index (χ1n) is 6.85. The number of rotatable bonds is 2. The van der Waals surface area contributed by atoms with Crippen LogP contribution in [0.1, 0.15) is 5.56 Å². The maximum atomic E-state index is 4.50. The van der Waals surface area contributed by atoms with Gasteiger partial charge in [0, 0.05) is 0 Å². The van der Waals surface area contributed by atoms with Crippen LogP contribution in [0.3, 0.4) is 0 Å². The third-order valence-corrected chi connectivity index (χ3v) is 3.53. The van der Waals surface area contributed by atoms with Crippen molar-refractivity contribution in [3.05, 3.63) is 78.6 Å². The molecule has 3 nitrogen and oxygen atoms in total. The Morgan fingerprint density at radius 1 is 0.857 bits per heavy atom. The summed E-state index contributed by atoms with van der Waals surface area (Å²) in [7, 11) is 0. The SMILES string of the molecule is C(=N\n1cnc2cc3ccccc3cc21)/c1ccccc1. The van der Waals surface area contributed by atoms with Gasteiger partial charge in [0.1, 0.15) is 6.33 Å². The van der Waals surface area contributed by atoms with Gasteiger partial charge in [0.15, 0.2) is 0 Å². The first-order chi connectivity index (χ1) is 10.4. The van der Waals surface area contributed by atoms with Crippen LogP contribution in [0.2, 0.25) is 0 Å². The van der Waals surface area contributed by atoms with Crippen LogP contribution >= 0.6 is 0 Å². The van der Waals surface area contributed by atoms with Crippen LogP contribution < -0.4 is 0 Å². The van der Waals surface area contributed by atoms with Crippen LogP contribution in [0.15, 0.2) is 78.2 Å². The topological polar surface area (TPSA) is 30.2 Å². The zero-order valence-electron chi connectivity index (χ0n) is 11.3. The normalized spacial score (nSPS) is 11.6. The lowest BCUT2D eigenvalue weighted by molar-refractivity contribution is 0.915. The average molecular weight is 271 g/mol. The van der Waals surface area contributed by atoms with Gasteiger partial charge < -0.3 is 0 Å². The molecule has 0 saturated heterocycles. The van der Waals surface area contributed by atoms with Crippen molar-refractivity contribution < 1.29 is 0 Å². The van der Waals surface area contributed by atoms with Crippen LogP contribution in [0.4, 0.5) is 0 Å². The van der Waals surface area contributed by atoms with Crippen LogP contribution in [0, 0.1) is 0 Å². The standard InChI is InChI=1S/C18H13N3/c1-2-6-14(7-3-1)12-20-21-13-19-17-10-15-8-4-5-9-16(15)11-18(17)21/h1-13H/b20-12+. The largest absolute Gasteiger partial charge is 0.235 e. The van der Waals surface area contributed by atoms with E-state index in [1.54, 1.807) is 6.33 Å². The summed E-state index contributed by atoms with van der Waals surface area (Å²) in [6.45, 7) is 0. The van der Waals surface area contributed by atoms with Gasteiger partial charge in [0.25, 0.3) is 0 Å². The van der Waals surface area contributed by atoms with E-state index in [4.69, 9.17) is 0 Å². The van der Waals surface area contributed by atoms with Crippen LogP contribution in [0.5, 0.6) is 0 Å². The molecule has 0 spiro atoms. The molecular weight excluding hydrogens is 258 g/mol. The van der Waals surface area contributed by atoms with E-state index in [0.29, 0.717) is 0 Å². The smallest absolute Gasteiger partial charge is 0.118 e. The minimum absolute atomic E-state index is 0.957. The van der Waals surface area contributed by atoms with Gasteiger partial charge in [-0.15, -0.1) is 0 Å². The van der Waals surface area contributed by atoms with Gasteiger partial charge >= 0.3 is 0 Å². The molecule has 100 valence electrons. The molecule has 0 N–H and O–H groups in total. The summed E-state index contributed by atoms with van der Waals surface area (Å²) in [5, 5.41) is 6.89. The molecule has 0 fully saturated rings. The average Bonchev–Trinajstić information content (AvgIpc) is 2.94. The van der Waals surface area contributed by atoms with Crippen molar-refractivity contribution in [2.24, 2.45) is 5.10 Å². The van der Waals surface area contributed by atoms with Gasteiger partial charge in [-0.1, -0.05) is 54.6 Å². The third kappa shape index (κ3) is 2.19. The van der Waals surface area contributed by atoms with Crippen LogP contribution in [-0.2, 0) is 0 Å². The van der Waals surface area contributed by atoms with E-state index in [1.807, 2.05) is 53.4 Å². The van der Waals surface area contributed by atoms with Crippen molar-refractivity contribution in [3.8, 4) is 0 Å². The van der Waals surface area contributed by atoms with Gasteiger partial charge in [-0.3, -0.25) is 0 Å². The molecule has 1 aromatic heterocycles. The molecule has 4 aromatic rings. The predicted octanol–water partition coefficient (Wildman–Crippen LogP) is 4.07. The molecule has 0 radical (unpaired) electrons. The van der Waals surface area contributed by atoms with Gasteiger partial charge in [-0.05, 0) is 28.5 Å². The molecule has 1 heterocycles. The molecule has 0 aliphatic carbocycles. The summed E-state index contributed by atoms with van der Waals surface area (Å²) >= 11 is 0. The molecule has 0 saturated carbocycles. The fraction of sp³-hybridized carbons (Fsp3) is 0. The second-order valence-corrected chi connectivity index (χ2v) is 4.93. The Bertz CT molecular complexity index is 936. The number of nitrogens with zero attached hydrogens (tertiary/aromatic N) is 3. The van der Waals surface area contributed by atoms with E-state index in [-0.39, 0.29) is 0 Å². The molecule has 0 aliphatic heterocycles. The van der Waals surface area contributed by atoms with Crippen molar-refractivity contribution in [1.29, 1.82) is 0 Å². The Labute approximate surface area is 122 Å². The van der Waals surface area contributed by atoms with Crippen molar-refractivity contribution in [3.63, 3.8) is 0 Å². The van der Waals surface area contributed by atoms with Crippen molar-refractivity contribution >= 4 is 28.0 Å².